The largest absolute Gasteiger partial charge is 0.370 e. The van der Waals surface area contributed by atoms with Gasteiger partial charge in [0, 0.05) is 37.0 Å². The molecular weight excluding hydrogens is 282 g/mol. The van der Waals surface area contributed by atoms with Crippen LogP contribution in [0.25, 0.3) is 0 Å². The van der Waals surface area contributed by atoms with E-state index in [9.17, 15) is 0 Å². The third-order valence-corrected chi connectivity index (χ3v) is 3.66. The fourth-order valence-corrected chi connectivity index (χ4v) is 2.27. The minimum absolute atomic E-state index is 0.0284. The zero-order valence-electron chi connectivity index (χ0n) is 13.1. The average Bonchev–Trinajstić information content (AvgIpc) is 2.95. The van der Waals surface area contributed by atoms with E-state index in [2.05, 4.69) is 51.7 Å². The topological polar surface area (TPSA) is 55.6 Å². The van der Waals surface area contributed by atoms with E-state index in [4.69, 9.17) is 0 Å². The summed E-state index contributed by atoms with van der Waals surface area (Å²) in [7, 11) is 0. The van der Waals surface area contributed by atoms with E-state index in [1.165, 1.54) is 0 Å². The lowest BCUT2D eigenvalue weighted by Crippen LogP contribution is -2.16. The molecule has 0 saturated heterocycles. The minimum atomic E-state index is 0.0284. The lowest BCUT2D eigenvalue weighted by molar-refractivity contribution is 0.558. The number of thioether (sulfide) groups is 1. The summed E-state index contributed by atoms with van der Waals surface area (Å²) in [6, 6.07) is 2.05. The van der Waals surface area contributed by atoms with Crippen molar-refractivity contribution in [2.45, 2.75) is 44.3 Å². The molecule has 0 fully saturated rings. The van der Waals surface area contributed by atoms with Crippen molar-refractivity contribution in [3.05, 3.63) is 30.5 Å². The van der Waals surface area contributed by atoms with E-state index >= 15 is 0 Å². The summed E-state index contributed by atoms with van der Waals surface area (Å²) in [6.45, 7) is 8.35. The second kappa shape index (κ2) is 6.93. The van der Waals surface area contributed by atoms with Crippen LogP contribution in [0, 0.1) is 0 Å². The van der Waals surface area contributed by atoms with Crippen molar-refractivity contribution in [1.29, 1.82) is 0 Å². The summed E-state index contributed by atoms with van der Waals surface area (Å²) in [6.07, 6.45) is 8.66. The van der Waals surface area contributed by atoms with Gasteiger partial charge in [0.25, 0.3) is 0 Å². The van der Waals surface area contributed by atoms with Crippen LogP contribution in [0.3, 0.4) is 0 Å². The summed E-state index contributed by atoms with van der Waals surface area (Å²) in [5, 5.41) is 4.22. The Hall–Kier alpha value is -1.56. The Morgan fingerprint density at radius 3 is 2.71 bits per heavy atom. The number of imidazole rings is 1. The van der Waals surface area contributed by atoms with Crippen LogP contribution >= 0.6 is 11.8 Å². The molecule has 1 N–H and O–H groups in total. The SMILES string of the molecule is CSc1nc(NCCCn2ccnc2)cc(C(C)(C)C)n1. The molecule has 0 spiro atoms. The quantitative estimate of drug-likeness (QED) is 0.504. The van der Waals surface area contributed by atoms with Gasteiger partial charge in [0.2, 0.25) is 0 Å². The highest BCUT2D eigenvalue weighted by Crippen LogP contribution is 2.24. The predicted molar refractivity (Wildman–Crippen MR) is 87.8 cm³/mol. The van der Waals surface area contributed by atoms with Crippen molar-refractivity contribution in [1.82, 2.24) is 19.5 Å². The minimum Gasteiger partial charge on any atom is -0.370 e. The fourth-order valence-electron chi connectivity index (χ4n) is 1.89. The first-order chi connectivity index (χ1) is 9.99. The molecule has 0 amide bonds. The third kappa shape index (κ3) is 4.74. The second-order valence-corrected chi connectivity index (χ2v) is 6.73. The van der Waals surface area contributed by atoms with Gasteiger partial charge in [-0.2, -0.15) is 0 Å². The van der Waals surface area contributed by atoms with Gasteiger partial charge in [-0.3, -0.25) is 0 Å². The van der Waals surface area contributed by atoms with Crippen LogP contribution in [0.4, 0.5) is 5.82 Å². The van der Waals surface area contributed by atoms with Crippen molar-refractivity contribution in [3.63, 3.8) is 0 Å². The molecule has 0 unspecified atom stereocenters. The van der Waals surface area contributed by atoms with Crippen LogP contribution < -0.4 is 5.32 Å². The average molecular weight is 305 g/mol. The number of aryl methyl sites for hydroxylation is 1. The molecule has 2 aromatic rings. The Morgan fingerprint density at radius 2 is 2.10 bits per heavy atom. The van der Waals surface area contributed by atoms with Crippen LogP contribution in [-0.2, 0) is 12.0 Å². The molecule has 0 bridgehead atoms. The molecule has 2 aromatic heterocycles. The number of rotatable bonds is 6. The van der Waals surface area contributed by atoms with Crippen LogP contribution in [0.5, 0.6) is 0 Å². The fraction of sp³-hybridized carbons (Fsp3) is 0.533. The first kappa shape index (κ1) is 15.8. The van der Waals surface area contributed by atoms with Crippen molar-refractivity contribution in [2.75, 3.05) is 18.1 Å². The van der Waals surface area contributed by atoms with Gasteiger partial charge in [-0.1, -0.05) is 32.5 Å². The Labute approximate surface area is 130 Å². The van der Waals surface area contributed by atoms with E-state index in [-0.39, 0.29) is 5.41 Å². The van der Waals surface area contributed by atoms with Gasteiger partial charge in [0.15, 0.2) is 5.16 Å². The lowest BCUT2D eigenvalue weighted by Gasteiger charge is -2.19. The molecule has 0 aliphatic carbocycles. The molecule has 21 heavy (non-hydrogen) atoms. The standard InChI is InChI=1S/C15H23N5S/c1-15(2,3)12-10-13(19-14(18-12)21-4)17-6-5-8-20-9-7-16-11-20/h7,9-11H,5-6,8H2,1-4H3,(H,17,18,19). The summed E-state index contributed by atoms with van der Waals surface area (Å²) in [4.78, 5) is 13.2. The molecule has 0 radical (unpaired) electrons. The number of nitrogens with zero attached hydrogens (tertiary/aromatic N) is 4. The molecular formula is C15H23N5S. The first-order valence-corrected chi connectivity index (χ1v) is 8.34. The number of hydrogen-bond acceptors (Lipinski definition) is 5. The van der Waals surface area contributed by atoms with Crippen LogP contribution in [-0.4, -0.2) is 32.3 Å². The Bertz CT molecular complexity index is 560. The summed E-state index contributed by atoms with van der Waals surface area (Å²) < 4.78 is 2.08. The highest BCUT2D eigenvalue weighted by atomic mass is 32.2. The molecule has 0 aromatic carbocycles. The Balaban J connectivity index is 1.95. The molecule has 0 saturated carbocycles. The normalized spacial score (nSPS) is 11.6. The van der Waals surface area contributed by atoms with Gasteiger partial charge in [-0.25, -0.2) is 15.0 Å². The van der Waals surface area contributed by atoms with Gasteiger partial charge in [0.05, 0.1) is 12.0 Å². The smallest absolute Gasteiger partial charge is 0.189 e. The zero-order chi connectivity index (χ0) is 15.3. The van der Waals surface area contributed by atoms with E-state index in [0.717, 1.165) is 36.2 Å². The lowest BCUT2D eigenvalue weighted by atomic mass is 9.92. The Morgan fingerprint density at radius 1 is 1.29 bits per heavy atom. The van der Waals surface area contributed by atoms with Gasteiger partial charge in [-0.15, -0.1) is 0 Å². The molecule has 5 nitrogen and oxygen atoms in total. The summed E-state index contributed by atoms with van der Waals surface area (Å²) >= 11 is 1.58. The molecule has 6 heteroatoms. The predicted octanol–water partition coefficient (Wildman–Crippen LogP) is 3.19. The highest BCUT2D eigenvalue weighted by molar-refractivity contribution is 7.98. The van der Waals surface area contributed by atoms with E-state index in [0.29, 0.717) is 0 Å². The maximum Gasteiger partial charge on any atom is 0.189 e. The summed E-state index contributed by atoms with van der Waals surface area (Å²) in [5.41, 5.74) is 1.10. The number of anilines is 1. The Kier molecular flexibility index (Phi) is 5.22. The zero-order valence-corrected chi connectivity index (χ0v) is 13.9. The molecule has 0 atom stereocenters. The van der Waals surface area contributed by atoms with E-state index in [1.54, 1.807) is 18.0 Å². The first-order valence-electron chi connectivity index (χ1n) is 7.12. The van der Waals surface area contributed by atoms with Gasteiger partial charge in [-0.05, 0) is 12.7 Å². The molecule has 0 aliphatic rings. The van der Waals surface area contributed by atoms with Crippen molar-refractivity contribution in [3.8, 4) is 0 Å². The number of aromatic nitrogens is 4. The van der Waals surface area contributed by atoms with Gasteiger partial charge < -0.3 is 9.88 Å². The monoisotopic (exact) mass is 305 g/mol. The van der Waals surface area contributed by atoms with E-state index < -0.39 is 0 Å². The maximum absolute atomic E-state index is 4.59. The molecule has 114 valence electrons. The van der Waals surface area contributed by atoms with Crippen LogP contribution in [0.15, 0.2) is 29.9 Å². The third-order valence-electron chi connectivity index (χ3n) is 3.12. The van der Waals surface area contributed by atoms with Crippen LogP contribution in [0.1, 0.15) is 32.9 Å². The van der Waals surface area contributed by atoms with E-state index in [1.807, 2.05) is 18.8 Å². The summed E-state index contributed by atoms with van der Waals surface area (Å²) in [5.74, 6) is 0.907. The van der Waals surface area contributed by atoms with Crippen molar-refractivity contribution >= 4 is 17.6 Å². The second-order valence-electron chi connectivity index (χ2n) is 5.96. The van der Waals surface area contributed by atoms with Gasteiger partial charge >= 0.3 is 0 Å². The van der Waals surface area contributed by atoms with Gasteiger partial charge in [0.1, 0.15) is 5.82 Å². The van der Waals surface area contributed by atoms with Crippen molar-refractivity contribution < 1.29 is 0 Å². The molecule has 2 rings (SSSR count). The molecule has 0 aliphatic heterocycles. The van der Waals surface area contributed by atoms with Crippen LogP contribution in [0.2, 0.25) is 0 Å². The van der Waals surface area contributed by atoms with Crippen molar-refractivity contribution in [2.24, 2.45) is 0 Å². The number of hydrogen-bond donors (Lipinski definition) is 1. The molecule has 2 heterocycles. The maximum atomic E-state index is 4.59. The highest BCUT2D eigenvalue weighted by Gasteiger charge is 2.17. The number of nitrogens with one attached hydrogen (secondary N) is 1.